The molecule has 0 saturated heterocycles. The highest BCUT2D eigenvalue weighted by atomic mass is 16.4. The molecule has 0 bridgehead atoms. The number of hydrogen-bond donors (Lipinski definition) is 1. The fourth-order valence-corrected chi connectivity index (χ4v) is 2.25. The molecule has 0 aliphatic rings. The normalized spacial score (nSPS) is 10.4. The van der Waals surface area contributed by atoms with Crippen molar-refractivity contribution in [2.24, 2.45) is 0 Å². The minimum atomic E-state index is -0.917. The van der Waals surface area contributed by atoms with Gasteiger partial charge in [0, 0.05) is 20.0 Å². The lowest BCUT2D eigenvalue weighted by Gasteiger charge is -2.17. The minimum absolute atomic E-state index is 0.138. The highest BCUT2D eigenvalue weighted by Crippen LogP contribution is 2.11. The molecule has 0 unspecified atom stereocenters. The van der Waals surface area contributed by atoms with Gasteiger partial charge in [0.15, 0.2) is 0 Å². The van der Waals surface area contributed by atoms with Gasteiger partial charge in [0.25, 0.3) is 0 Å². The third-order valence-corrected chi connectivity index (χ3v) is 3.63. The monoisotopic (exact) mass is 291 g/mol. The van der Waals surface area contributed by atoms with Crippen LogP contribution in [-0.2, 0) is 11.2 Å². The van der Waals surface area contributed by atoms with Gasteiger partial charge in [-0.25, -0.2) is 4.79 Å². The van der Waals surface area contributed by atoms with Crippen LogP contribution in [0.2, 0.25) is 0 Å². The van der Waals surface area contributed by atoms with E-state index in [-0.39, 0.29) is 5.91 Å². The third-order valence-electron chi connectivity index (χ3n) is 3.63. The number of carbonyl (C=O) groups excluding carboxylic acids is 1. The molecule has 1 rings (SSSR count). The Balaban J connectivity index is 2.44. The van der Waals surface area contributed by atoms with E-state index < -0.39 is 5.97 Å². The molecule has 0 atom stereocenters. The number of carboxylic acid groups (broad SMARTS) is 1. The largest absolute Gasteiger partial charge is 0.478 e. The molecule has 0 heterocycles. The van der Waals surface area contributed by atoms with E-state index in [0.29, 0.717) is 24.9 Å². The van der Waals surface area contributed by atoms with Crippen molar-refractivity contribution in [1.82, 2.24) is 4.90 Å². The van der Waals surface area contributed by atoms with Gasteiger partial charge in [-0.3, -0.25) is 4.79 Å². The smallest absolute Gasteiger partial charge is 0.335 e. The van der Waals surface area contributed by atoms with Gasteiger partial charge in [-0.05, 0) is 24.5 Å². The first-order valence-corrected chi connectivity index (χ1v) is 7.61. The van der Waals surface area contributed by atoms with Gasteiger partial charge in [0.05, 0.1) is 5.56 Å². The number of rotatable bonds is 9. The fourth-order valence-electron chi connectivity index (χ4n) is 2.25. The van der Waals surface area contributed by atoms with E-state index in [1.165, 1.54) is 6.42 Å². The molecule has 4 heteroatoms. The molecular weight excluding hydrogens is 266 g/mol. The van der Waals surface area contributed by atoms with Crippen molar-refractivity contribution >= 4 is 11.9 Å². The molecule has 1 aromatic carbocycles. The van der Waals surface area contributed by atoms with Crippen LogP contribution in [0.3, 0.4) is 0 Å². The van der Waals surface area contributed by atoms with Gasteiger partial charge in [0.1, 0.15) is 0 Å². The Morgan fingerprint density at radius 1 is 1.14 bits per heavy atom. The molecule has 0 aliphatic heterocycles. The summed E-state index contributed by atoms with van der Waals surface area (Å²) in [6.45, 7) is 2.70. The molecule has 1 N–H and O–H groups in total. The van der Waals surface area contributed by atoms with Crippen LogP contribution in [0.1, 0.15) is 54.9 Å². The fraction of sp³-hybridized carbons (Fsp3) is 0.529. The Morgan fingerprint density at radius 3 is 2.52 bits per heavy atom. The minimum Gasteiger partial charge on any atom is -0.478 e. The van der Waals surface area contributed by atoms with Gasteiger partial charge in [-0.2, -0.15) is 0 Å². The number of unbranched alkanes of at least 4 members (excludes halogenated alkanes) is 3. The molecule has 1 aromatic rings. The van der Waals surface area contributed by atoms with E-state index in [1.807, 2.05) is 12.1 Å². The lowest BCUT2D eigenvalue weighted by atomic mass is 10.0. The summed E-state index contributed by atoms with van der Waals surface area (Å²) in [5, 5.41) is 9.13. The Bertz CT molecular complexity index is 471. The topological polar surface area (TPSA) is 57.6 Å². The molecular formula is C17H25NO3. The molecule has 0 saturated carbocycles. The molecule has 21 heavy (non-hydrogen) atoms. The zero-order valence-corrected chi connectivity index (χ0v) is 13.0. The molecule has 4 nitrogen and oxygen atoms in total. The number of amides is 1. The SMILES string of the molecule is CCCCCCC(=O)N(C)CCc1ccccc1C(=O)O. The Hall–Kier alpha value is -1.84. The summed E-state index contributed by atoms with van der Waals surface area (Å²) in [4.78, 5) is 24.8. The predicted molar refractivity (Wildman–Crippen MR) is 83.5 cm³/mol. The molecule has 0 spiro atoms. The molecule has 0 fully saturated rings. The summed E-state index contributed by atoms with van der Waals surface area (Å²) in [5.74, 6) is -0.780. The molecule has 0 aromatic heterocycles. The van der Waals surface area contributed by atoms with Gasteiger partial charge < -0.3 is 10.0 Å². The maximum atomic E-state index is 12.0. The first kappa shape index (κ1) is 17.2. The summed E-state index contributed by atoms with van der Waals surface area (Å²) < 4.78 is 0. The Kier molecular flexibility index (Phi) is 7.51. The van der Waals surface area contributed by atoms with Crippen molar-refractivity contribution in [3.63, 3.8) is 0 Å². The average molecular weight is 291 g/mol. The summed E-state index contributed by atoms with van der Waals surface area (Å²) in [5.41, 5.74) is 1.09. The Morgan fingerprint density at radius 2 is 1.86 bits per heavy atom. The van der Waals surface area contributed by atoms with Gasteiger partial charge in [0.2, 0.25) is 5.91 Å². The lowest BCUT2D eigenvalue weighted by molar-refractivity contribution is -0.130. The number of hydrogen-bond acceptors (Lipinski definition) is 2. The van der Waals surface area contributed by atoms with Crippen molar-refractivity contribution in [3.05, 3.63) is 35.4 Å². The van der Waals surface area contributed by atoms with Gasteiger partial charge >= 0.3 is 5.97 Å². The van der Waals surface area contributed by atoms with Crippen LogP contribution in [-0.4, -0.2) is 35.5 Å². The maximum absolute atomic E-state index is 12.0. The van der Waals surface area contributed by atoms with E-state index in [4.69, 9.17) is 5.11 Å². The second-order valence-electron chi connectivity index (χ2n) is 5.34. The second kappa shape index (κ2) is 9.16. The van der Waals surface area contributed by atoms with Crippen molar-refractivity contribution in [2.75, 3.05) is 13.6 Å². The zero-order valence-electron chi connectivity index (χ0n) is 13.0. The number of carboxylic acids is 1. The van der Waals surface area contributed by atoms with E-state index in [2.05, 4.69) is 6.92 Å². The number of aromatic carboxylic acids is 1. The second-order valence-corrected chi connectivity index (χ2v) is 5.34. The summed E-state index contributed by atoms with van der Waals surface area (Å²) in [6, 6.07) is 6.96. The highest BCUT2D eigenvalue weighted by molar-refractivity contribution is 5.89. The summed E-state index contributed by atoms with van der Waals surface area (Å²) in [6.07, 6.45) is 5.51. The van der Waals surface area contributed by atoms with Crippen LogP contribution < -0.4 is 0 Å². The van der Waals surface area contributed by atoms with Crippen LogP contribution in [0, 0.1) is 0 Å². The van der Waals surface area contributed by atoms with Crippen molar-refractivity contribution in [1.29, 1.82) is 0 Å². The molecule has 1 amide bonds. The van der Waals surface area contributed by atoms with Gasteiger partial charge in [-0.15, -0.1) is 0 Å². The van der Waals surface area contributed by atoms with Crippen molar-refractivity contribution < 1.29 is 14.7 Å². The number of benzene rings is 1. The first-order chi connectivity index (χ1) is 10.1. The average Bonchev–Trinajstić information content (AvgIpc) is 2.49. The van der Waals surface area contributed by atoms with Crippen LogP contribution in [0.5, 0.6) is 0 Å². The quantitative estimate of drug-likeness (QED) is 0.710. The van der Waals surface area contributed by atoms with E-state index >= 15 is 0 Å². The molecule has 0 radical (unpaired) electrons. The van der Waals surface area contributed by atoms with Crippen molar-refractivity contribution in [3.8, 4) is 0 Å². The van der Waals surface area contributed by atoms with Crippen LogP contribution >= 0.6 is 0 Å². The zero-order chi connectivity index (χ0) is 15.7. The van der Waals surface area contributed by atoms with E-state index in [1.54, 1.807) is 24.1 Å². The standard InChI is InChI=1S/C17H25NO3/c1-3-4-5-6-11-16(19)18(2)13-12-14-9-7-8-10-15(14)17(20)21/h7-10H,3-6,11-13H2,1-2H3,(H,20,21). The molecule has 0 aliphatic carbocycles. The summed E-state index contributed by atoms with van der Waals surface area (Å²) >= 11 is 0. The Labute approximate surface area is 126 Å². The lowest BCUT2D eigenvalue weighted by Crippen LogP contribution is -2.28. The van der Waals surface area contributed by atoms with Crippen molar-refractivity contribution in [2.45, 2.75) is 45.4 Å². The third kappa shape index (κ3) is 5.98. The van der Waals surface area contributed by atoms with Crippen LogP contribution in [0.15, 0.2) is 24.3 Å². The molecule has 116 valence electrons. The maximum Gasteiger partial charge on any atom is 0.335 e. The number of likely N-dealkylation sites (N-methyl/N-ethyl adjacent to an activating group) is 1. The highest BCUT2D eigenvalue weighted by Gasteiger charge is 2.12. The number of carbonyl (C=O) groups is 2. The van der Waals surface area contributed by atoms with E-state index in [0.717, 1.165) is 24.8 Å². The predicted octanol–water partition coefficient (Wildman–Crippen LogP) is 3.36. The number of nitrogens with zero attached hydrogens (tertiary/aromatic N) is 1. The van der Waals surface area contributed by atoms with Crippen LogP contribution in [0.25, 0.3) is 0 Å². The van der Waals surface area contributed by atoms with Crippen LogP contribution in [0.4, 0.5) is 0 Å². The van der Waals surface area contributed by atoms with E-state index in [9.17, 15) is 9.59 Å². The first-order valence-electron chi connectivity index (χ1n) is 7.61. The van der Waals surface area contributed by atoms with Gasteiger partial charge in [-0.1, -0.05) is 44.4 Å². The summed E-state index contributed by atoms with van der Waals surface area (Å²) in [7, 11) is 1.78.